The van der Waals surface area contributed by atoms with Gasteiger partial charge in [0, 0.05) is 6.54 Å². The van der Waals surface area contributed by atoms with E-state index in [4.69, 9.17) is 10.4 Å². The minimum atomic E-state index is -0.928. The molecule has 6 nitrogen and oxygen atoms in total. The van der Waals surface area contributed by atoms with Crippen molar-refractivity contribution in [1.82, 2.24) is 9.97 Å². The lowest BCUT2D eigenvalue weighted by molar-refractivity contribution is -0.135. The highest BCUT2D eigenvalue weighted by Crippen LogP contribution is 2.07. The molecule has 0 aliphatic heterocycles. The van der Waals surface area contributed by atoms with Crippen molar-refractivity contribution < 1.29 is 9.90 Å². The molecule has 0 saturated heterocycles. The SMILES string of the molecule is CCN(CC(=O)O)c1cnc(C#N)cn1. The molecule has 0 aromatic carbocycles. The number of hydrogen-bond donors (Lipinski definition) is 1. The summed E-state index contributed by atoms with van der Waals surface area (Å²) in [6.45, 7) is 2.22. The van der Waals surface area contributed by atoms with E-state index in [0.29, 0.717) is 12.4 Å². The zero-order valence-corrected chi connectivity index (χ0v) is 8.21. The van der Waals surface area contributed by atoms with Gasteiger partial charge in [-0.15, -0.1) is 0 Å². The first-order valence-electron chi connectivity index (χ1n) is 4.36. The lowest BCUT2D eigenvalue weighted by Gasteiger charge is -2.18. The second kappa shape index (κ2) is 4.91. The predicted octanol–water partition coefficient (Wildman–Crippen LogP) is 0.259. The summed E-state index contributed by atoms with van der Waals surface area (Å²) in [6, 6.07) is 1.84. The van der Waals surface area contributed by atoms with Crippen molar-refractivity contribution in [2.24, 2.45) is 0 Å². The Morgan fingerprint density at radius 1 is 1.60 bits per heavy atom. The van der Waals surface area contributed by atoms with Gasteiger partial charge in [-0.2, -0.15) is 5.26 Å². The van der Waals surface area contributed by atoms with E-state index < -0.39 is 5.97 Å². The number of nitriles is 1. The van der Waals surface area contributed by atoms with Gasteiger partial charge in [0.25, 0.3) is 0 Å². The van der Waals surface area contributed by atoms with E-state index in [1.54, 1.807) is 4.90 Å². The average molecular weight is 206 g/mol. The van der Waals surface area contributed by atoms with Gasteiger partial charge < -0.3 is 10.0 Å². The molecule has 1 N–H and O–H groups in total. The Hall–Kier alpha value is -2.16. The summed E-state index contributed by atoms with van der Waals surface area (Å²) in [4.78, 5) is 19.8. The van der Waals surface area contributed by atoms with E-state index in [9.17, 15) is 4.79 Å². The first-order valence-corrected chi connectivity index (χ1v) is 4.36. The Morgan fingerprint density at radius 3 is 2.73 bits per heavy atom. The van der Waals surface area contributed by atoms with Gasteiger partial charge in [0.05, 0.1) is 12.4 Å². The van der Waals surface area contributed by atoms with Gasteiger partial charge in [-0.3, -0.25) is 4.79 Å². The van der Waals surface area contributed by atoms with Gasteiger partial charge in [0.15, 0.2) is 5.69 Å². The van der Waals surface area contributed by atoms with Crippen LogP contribution in [0.5, 0.6) is 0 Å². The minimum absolute atomic E-state index is 0.128. The van der Waals surface area contributed by atoms with Crippen LogP contribution in [-0.2, 0) is 4.79 Å². The van der Waals surface area contributed by atoms with Gasteiger partial charge in [0.1, 0.15) is 18.4 Å². The second-order valence-corrected chi connectivity index (χ2v) is 2.78. The molecule has 1 heterocycles. The van der Waals surface area contributed by atoms with Crippen LogP contribution in [-0.4, -0.2) is 34.1 Å². The van der Waals surface area contributed by atoms with Crippen LogP contribution in [0.15, 0.2) is 12.4 Å². The Kier molecular flexibility index (Phi) is 3.57. The lowest BCUT2D eigenvalue weighted by Crippen LogP contribution is -2.30. The summed E-state index contributed by atoms with van der Waals surface area (Å²) in [5.41, 5.74) is 0.213. The van der Waals surface area contributed by atoms with Gasteiger partial charge in [-0.1, -0.05) is 0 Å². The molecular weight excluding hydrogens is 196 g/mol. The minimum Gasteiger partial charge on any atom is -0.480 e. The molecule has 0 unspecified atom stereocenters. The van der Waals surface area contributed by atoms with Crippen molar-refractivity contribution in [3.8, 4) is 6.07 Å². The van der Waals surface area contributed by atoms with Gasteiger partial charge in [0.2, 0.25) is 0 Å². The van der Waals surface area contributed by atoms with Crippen LogP contribution in [0.25, 0.3) is 0 Å². The van der Waals surface area contributed by atoms with Crippen LogP contribution in [0.3, 0.4) is 0 Å². The smallest absolute Gasteiger partial charge is 0.323 e. The normalized spacial score (nSPS) is 9.33. The van der Waals surface area contributed by atoms with E-state index in [1.807, 2.05) is 13.0 Å². The fraction of sp³-hybridized carbons (Fsp3) is 0.333. The summed E-state index contributed by atoms with van der Waals surface area (Å²) in [5, 5.41) is 17.1. The zero-order chi connectivity index (χ0) is 11.3. The summed E-state index contributed by atoms with van der Waals surface area (Å²) < 4.78 is 0. The van der Waals surface area contributed by atoms with Crippen LogP contribution >= 0.6 is 0 Å². The van der Waals surface area contributed by atoms with Crippen LogP contribution in [0, 0.1) is 11.3 Å². The highest BCUT2D eigenvalue weighted by atomic mass is 16.4. The number of likely N-dealkylation sites (N-methyl/N-ethyl adjacent to an activating group) is 1. The van der Waals surface area contributed by atoms with Crippen molar-refractivity contribution in [2.75, 3.05) is 18.0 Å². The van der Waals surface area contributed by atoms with Crippen molar-refractivity contribution in [3.63, 3.8) is 0 Å². The van der Waals surface area contributed by atoms with Crippen molar-refractivity contribution in [2.45, 2.75) is 6.92 Å². The molecule has 1 aromatic rings. The molecule has 6 heteroatoms. The summed E-state index contributed by atoms with van der Waals surface area (Å²) in [6.07, 6.45) is 2.71. The molecule has 0 radical (unpaired) electrons. The Balaban J connectivity index is 2.84. The second-order valence-electron chi connectivity index (χ2n) is 2.78. The Bertz CT molecular complexity index is 382. The first kappa shape index (κ1) is 10.9. The summed E-state index contributed by atoms with van der Waals surface area (Å²) >= 11 is 0. The maximum atomic E-state index is 10.5. The molecule has 15 heavy (non-hydrogen) atoms. The summed E-state index contributed by atoms with van der Waals surface area (Å²) in [7, 11) is 0. The van der Waals surface area contributed by atoms with Gasteiger partial charge in [-0.25, -0.2) is 9.97 Å². The number of carboxylic acids is 1. The maximum Gasteiger partial charge on any atom is 0.323 e. The zero-order valence-electron chi connectivity index (χ0n) is 8.21. The number of carboxylic acid groups (broad SMARTS) is 1. The van der Waals surface area contributed by atoms with Gasteiger partial charge >= 0.3 is 5.97 Å². The Labute approximate surface area is 86.8 Å². The lowest BCUT2D eigenvalue weighted by atomic mass is 10.4. The first-order chi connectivity index (χ1) is 7.17. The van der Waals surface area contributed by atoms with Crippen LogP contribution in [0.4, 0.5) is 5.82 Å². The standard InChI is InChI=1S/C9H10N4O2/c1-2-13(6-9(14)15)8-5-11-7(3-10)4-12-8/h4-5H,2,6H2,1H3,(H,14,15). The molecule has 0 aliphatic rings. The molecule has 1 aromatic heterocycles. The number of aliphatic carboxylic acids is 1. The third-order valence-electron chi connectivity index (χ3n) is 1.78. The average Bonchev–Trinajstić information content (AvgIpc) is 2.26. The van der Waals surface area contributed by atoms with E-state index >= 15 is 0 Å². The number of anilines is 1. The number of hydrogen-bond acceptors (Lipinski definition) is 5. The highest BCUT2D eigenvalue weighted by Gasteiger charge is 2.09. The topological polar surface area (TPSA) is 90.1 Å². The van der Waals surface area contributed by atoms with E-state index in [2.05, 4.69) is 9.97 Å². The summed E-state index contributed by atoms with van der Waals surface area (Å²) in [5.74, 6) is -0.470. The molecular formula is C9H10N4O2. The maximum absolute atomic E-state index is 10.5. The van der Waals surface area contributed by atoms with Gasteiger partial charge in [-0.05, 0) is 6.92 Å². The molecule has 0 saturated carbocycles. The molecule has 0 fully saturated rings. The fourth-order valence-electron chi connectivity index (χ4n) is 1.06. The highest BCUT2D eigenvalue weighted by molar-refractivity contribution is 5.72. The number of nitrogens with zero attached hydrogens (tertiary/aromatic N) is 4. The van der Waals surface area contributed by atoms with E-state index in [-0.39, 0.29) is 12.2 Å². The van der Waals surface area contributed by atoms with Crippen LogP contribution in [0.1, 0.15) is 12.6 Å². The van der Waals surface area contributed by atoms with Crippen molar-refractivity contribution >= 4 is 11.8 Å². The largest absolute Gasteiger partial charge is 0.480 e. The van der Waals surface area contributed by atoms with Crippen molar-refractivity contribution in [1.29, 1.82) is 5.26 Å². The monoisotopic (exact) mass is 206 g/mol. The third kappa shape index (κ3) is 2.91. The Morgan fingerprint density at radius 2 is 2.33 bits per heavy atom. The van der Waals surface area contributed by atoms with Crippen molar-refractivity contribution in [3.05, 3.63) is 18.1 Å². The fourth-order valence-corrected chi connectivity index (χ4v) is 1.06. The molecule has 1 rings (SSSR count). The molecule has 78 valence electrons. The van der Waals surface area contributed by atoms with Crippen LogP contribution < -0.4 is 4.90 Å². The molecule has 0 amide bonds. The number of carbonyl (C=O) groups is 1. The molecule has 0 atom stereocenters. The number of aromatic nitrogens is 2. The molecule has 0 aliphatic carbocycles. The quantitative estimate of drug-likeness (QED) is 0.759. The van der Waals surface area contributed by atoms with Crippen LogP contribution in [0.2, 0.25) is 0 Å². The number of rotatable bonds is 4. The predicted molar refractivity (Wildman–Crippen MR) is 52.3 cm³/mol. The third-order valence-corrected chi connectivity index (χ3v) is 1.78. The molecule has 0 bridgehead atoms. The molecule has 0 spiro atoms. The van der Waals surface area contributed by atoms with E-state index in [0.717, 1.165) is 0 Å². The van der Waals surface area contributed by atoms with E-state index in [1.165, 1.54) is 12.4 Å².